The smallest absolute Gasteiger partial charge is 0.410 e. The van der Waals surface area contributed by atoms with E-state index in [2.05, 4.69) is 12.1 Å². The van der Waals surface area contributed by atoms with Gasteiger partial charge in [0.25, 0.3) is 0 Å². The van der Waals surface area contributed by atoms with E-state index in [0.29, 0.717) is 12.6 Å². The minimum Gasteiger partial charge on any atom is -0.444 e. The molecule has 1 saturated heterocycles. The number of nitrogens with zero attached hydrogens (tertiary/aromatic N) is 1. The molecule has 1 aromatic rings. The zero-order chi connectivity index (χ0) is 11.7. The highest BCUT2D eigenvalue weighted by Crippen LogP contribution is 2.32. The Morgan fingerprint density at radius 1 is 1.18 bits per heavy atom. The van der Waals surface area contributed by atoms with Crippen LogP contribution in [0.2, 0.25) is 0 Å². The SMILES string of the molecule is O=C1O[C@@H]2CCCC[C@@H]2N1Cc1ccccc1. The highest BCUT2D eigenvalue weighted by Gasteiger charge is 2.42. The second-order valence-electron chi connectivity index (χ2n) is 4.89. The minimum atomic E-state index is -0.134. The first-order valence-corrected chi connectivity index (χ1v) is 6.36. The molecule has 0 radical (unpaired) electrons. The third-order valence-electron chi connectivity index (χ3n) is 3.75. The second-order valence-corrected chi connectivity index (χ2v) is 4.89. The van der Waals surface area contributed by atoms with Crippen LogP contribution in [-0.2, 0) is 11.3 Å². The number of carbonyl (C=O) groups excluding carboxylic acids is 1. The fourth-order valence-electron chi connectivity index (χ4n) is 2.87. The molecule has 3 nitrogen and oxygen atoms in total. The second kappa shape index (κ2) is 4.40. The molecule has 1 aliphatic heterocycles. The molecule has 0 N–H and O–H groups in total. The largest absolute Gasteiger partial charge is 0.444 e. The molecule has 3 rings (SSSR count). The fourth-order valence-corrected chi connectivity index (χ4v) is 2.87. The summed E-state index contributed by atoms with van der Waals surface area (Å²) in [5.74, 6) is 0. The predicted molar refractivity (Wildman–Crippen MR) is 64.5 cm³/mol. The standard InChI is InChI=1S/C14H17NO2/c16-14-15(10-11-6-2-1-3-7-11)12-8-4-5-9-13(12)17-14/h1-3,6-7,12-13H,4-5,8-10H2/t12-,13+/m0/s1. The molecule has 1 amide bonds. The van der Waals surface area contributed by atoms with Gasteiger partial charge in [-0.05, 0) is 24.8 Å². The lowest BCUT2D eigenvalue weighted by atomic mass is 9.92. The lowest BCUT2D eigenvalue weighted by molar-refractivity contribution is 0.113. The minimum absolute atomic E-state index is 0.134. The normalized spacial score (nSPS) is 27.8. The van der Waals surface area contributed by atoms with Gasteiger partial charge in [-0.25, -0.2) is 4.79 Å². The van der Waals surface area contributed by atoms with Gasteiger partial charge in [-0.15, -0.1) is 0 Å². The van der Waals surface area contributed by atoms with Crippen LogP contribution in [0.25, 0.3) is 0 Å². The number of rotatable bonds is 2. The van der Waals surface area contributed by atoms with Crippen molar-refractivity contribution in [2.45, 2.75) is 44.4 Å². The summed E-state index contributed by atoms with van der Waals surface area (Å²) in [4.78, 5) is 13.8. The molecule has 0 unspecified atom stereocenters. The average Bonchev–Trinajstić information content (AvgIpc) is 2.68. The van der Waals surface area contributed by atoms with Crippen molar-refractivity contribution < 1.29 is 9.53 Å². The van der Waals surface area contributed by atoms with Crippen molar-refractivity contribution in [3.8, 4) is 0 Å². The molecule has 2 fully saturated rings. The Labute approximate surface area is 101 Å². The van der Waals surface area contributed by atoms with E-state index in [4.69, 9.17) is 4.74 Å². The van der Waals surface area contributed by atoms with Gasteiger partial charge in [0.2, 0.25) is 0 Å². The number of hydrogen-bond acceptors (Lipinski definition) is 2. The summed E-state index contributed by atoms with van der Waals surface area (Å²) in [5.41, 5.74) is 1.18. The van der Waals surface area contributed by atoms with E-state index in [-0.39, 0.29) is 12.2 Å². The zero-order valence-corrected chi connectivity index (χ0v) is 9.84. The first-order chi connectivity index (χ1) is 8.34. The summed E-state index contributed by atoms with van der Waals surface area (Å²) < 4.78 is 5.44. The van der Waals surface area contributed by atoms with Crippen LogP contribution < -0.4 is 0 Å². The van der Waals surface area contributed by atoms with Crippen molar-refractivity contribution in [3.05, 3.63) is 35.9 Å². The molecule has 1 aromatic carbocycles. The molecule has 1 aliphatic carbocycles. The van der Waals surface area contributed by atoms with E-state index < -0.39 is 0 Å². The van der Waals surface area contributed by atoms with Crippen LogP contribution in [0.3, 0.4) is 0 Å². The Bertz CT molecular complexity index is 404. The third kappa shape index (κ3) is 2.02. The van der Waals surface area contributed by atoms with E-state index in [1.807, 2.05) is 23.1 Å². The van der Waals surface area contributed by atoms with Gasteiger partial charge in [0.15, 0.2) is 0 Å². The van der Waals surface area contributed by atoms with Crippen LogP contribution in [0.1, 0.15) is 31.2 Å². The van der Waals surface area contributed by atoms with Crippen LogP contribution in [0.5, 0.6) is 0 Å². The van der Waals surface area contributed by atoms with Gasteiger partial charge in [-0.2, -0.15) is 0 Å². The lowest BCUT2D eigenvalue weighted by Gasteiger charge is -2.28. The maximum atomic E-state index is 11.8. The maximum Gasteiger partial charge on any atom is 0.410 e. The van der Waals surface area contributed by atoms with E-state index >= 15 is 0 Å². The highest BCUT2D eigenvalue weighted by atomic mass is 16.6. The summed E-state index contributed by atoms with van der Waals surface area (Å²) in [5, 5.41) is 0. The van der Waals surface area contributed by atoms with Gasteiger partial charge in [-0.1, -0.05) is 36.8 Å². The van der Waals surface area contributed by atoms with Crippen molar-refractivity contribution in [1.82, 2.24) is 4.90 Å². The topological polar surface area (TPSA) is 29.5 Å². The molecule has 90 valence electrons. The monoisotopic (exact) mass is 231 g/mol. The summed E-state index contributed by atoms with van der Waals surface area (Å²) in [7, 11) is 0. The molecule has 17 heavy (non-hydrogen) atoms. The number of carbonyl (C=O) groups is 1. The highest BCUT2D eigenvalue weighted by molar-refractivity contribution is 5.70. The Balaban J connectivity index is 1.76. The van der Waals surface area contributed by atoms with Gasteiger partial charge >= 0.3 is 6.09 Å². The van der Waals surface area contributed by atoms with E-state index in [1.54, 1.807) is 0 Å². The van der Waals surface area contributed by atoms with Crippen molar-refractivity contribution in [2.24, 2.45) is 0 Å². The average molecular weight is 231 g/mol. The molecule has 2 aliphatic rings. The van der Waals surface area contributed by atoms with Gasteiger partial charge in [-0.3, -0.25) is 4.90 Å². The number of ether oxygens (including phenoxy) is 1. The van der Waals surface area contributed by atoms with Gasteiger partial charge in [0, 0.05) is 6.54 Å². The Kier molecular flexibility index (Phi) is 2.75. The quantitative estimate of drug-likeness (QED) is 0.783. The van der Waals surface area contributed by atoms with Gasteiger partial charge in [0.05, 0.1) is 6.04 Å². The lowest BCUT2D eigenvalue weighted by Crippen LogP contribution is -2.37. The Morgan fingerprint density at radius 3 is 2.76 bits per heavy atom. The summed E-state index contributed by atoms with van der Waals surface area (Å²) >= 11 is 0. The van der Waals surface area contributed by atoms with Crippen LogP contribution in [0.15, 0.2) is 30.3 Å². The molecular formula is C14H17NO2. The molecule has 3 heteroatoms. The molecular weight excluding hydrogens is 214 g/mol. The van der Waals surface area contributed by atoms with Crippen molar-refractivity contribution >= 4 is 6.09 Å². The molecule has 0 bridgehead atoms. The van der Waals surface area contributed by atoms with Gasteiger partial charge < -0.3 is 4.74 Å². The van der Waals surface area contributed by atoms with Crippen molar-refractivity contribution in [2.75, 3.05) is 0 Å². The molecule has 0 aromatic heterocycles. The van der Waals surface area contributed by atoms with Crippen molar-refractivity contribution in [1.29, 1.82) is 0 Å². The fraction of sp³-hybridized carbons (Fsp3) is 0.500. The predicted octanol–water partition coefficient (Wildman–Crippen LogP) is 2.95. The van der Waals surface area contributed by atoms with Crippen LogP contribution in [0, 0.1) is 0 Å². The Hall–Kier alpha value is -1.51. The van der Waals surface area contributed by atoms with Crippen LogP contribution >= 0.6 is 0 Å². The summed E-state index contributed by atoms with van der Waals surface area (Å²) in [6.45, 7) is 0.681. The first-order valence-electron chi connectivity index (χ1n) is 6.36. The molecule has 1 saturated carbocycles. The van der Waals surface area contributed by atoms with E-state index in [9.17, 15) is 4.79 Å². The first kappa shape index (κ1) is 10.6. The maximum absolute atomic E-state index is 11.8. The van der Waals surface area contributed by atoms with Gasteiger partial charge in [0.1, 0.15) is 6.10 Å². The molecule has 1 heterocycles. The summed E-state index contributed by atoms with van der Waals surface area (Å²) in [6.07, 6.45) is 4.52. The van der Waals surface area contributed by atoms with Crippen molar-refractivity contribution in [3.63, 3.8) is 0 Å². The number of fused-ring (bicyclic) bond motifs is 1. The molecule has 0 spiro atoms. The summed E-state index contributed by atoms with van der Waals surface area (Å²) in [6, 6.07) is 10.4. The molecule has 2 atom stereocenters. The van der Waals surface area contributed by atoms with Crippen LogP contribution in [0.4, 0.5) is 4.79 Å². The van der Waals surface area contributed by atoms with E-state index in [1.165, 1.54) is 18.4 Å². The Morgan fingerprint density at radius 2 is 1.94 bits per heavy atom. The zero-order valence-electron chi connectivity index (χ0n) is 9.84. The number of benzene rings is 1. The number of amides is 1. The van der Waals surface area contributed by atoms with Crippen LogP contribution in [-0.4, -0.2) is 23.1 Å². The number of hydrogen-bond donors (Lipinski definition) is 0. The van der Waals surface area contributed by atoms with E-state index in [0.717, 1.165) is 12.8 Å². The third-order valence-corrected chi connectivity index (χ3v) is 3.75.